The highest BCUT2D eigenvalue weighted by molar-refractivity contribution is 5.88. The molecule has 3 aromatic rings. The van der Waals surface area contributed by atoms with Crippen LogP contribution >= 0.6 is 0 Å². The summed E-state index contributed by atoms with van der Waals surface area (Å²) in [7, 11) is 0. The van der Waals surface area contributed by atoms with Crippen molar-refractivity contribution in [1.29, 1.82) is 0 Å². The van der Waals surface area contributed by atoms with E-state index in [2.05, 4.69) is 5.32 Å². The van der Waals surface area contributed by atoms with Gasteiger partial charge in [0.15, 0.2) is 0 Å². The number of hydrogen-bond acceptors (Lipinski definition) is 2. The van der Waals surface area contributed by atoms with Crippen molar-refractivity contribution in [3.05, 3.63) is 107 Å². The van der Waals surface area contributed by atoms with E-state index in [-0.39, 0.29) is 30.6 Å². The van der Waals surface area contributed by atoms with E-state index >= 15 is 0 Å². The second kappa shape index (κ2) is 12.0. The summed E-state index contributed by atoms with van der Waals surface area (Å²) in [6.07, 6.45) is 1.39. The van der Waals surface area contributed by atoms with E-state index in [1.54, 1.807) is 17.0 Å². The van der Waals surface area contributed by atoms with E-state index < -0.39 is 6.04 Å². The average Bonchev–Trinajstić information content (AvgIpc) is 2.83. The highest BCUT2D eigenvalue weighted by Crippen LogP contribution is 2.17. The number of nitrogens with zero attached hydrogens (tertiary/aromatic N) is 1. The van der Waals surface area contributed by atoms with Crippen molar-refractivity contribution in [2.45, 2.75) is 45.7 Å². The van der Waals surface area contributed by atoms with Crippen molar-refractivity contribution in [2.24, 2.45) is 0 Å². The number of rotatable bonds is 10. The minimum atomic E-state index is -0.679. The Morgan fingerprint density at radius 3 is 2.15 bits per heavy atom. The molecule has 2 amide bonds. The summed E-state index contributed by atoms with van der Waals surface area (Å²) in [5.74, 6) is -0.659. The molecule has 0 saturated heterocycles. The minimum Gasteiger partial charge on any atom is -0.354 e. The Morgan fingerprint density at radius 2 is 1.52 bits per heavy atom. The van der Waals surface area contributed by atoms with E-state index in [0.29, 0.717) is 13.0 Å². The fraction of sp³-hybridized carbons (Fsp3) is 0.286. The van der Waals surface area contributed by atoms with Gasteiger partial charge < -0.3 is 10.2 Å². The van der Waals surface area contributed by atoms with Crippen LogP contribution in [0.25, 0.3) is 0 Å². The average molecular weight is 447 g/mol. The number of amides is 2. The molecule has 1 atom stereocenters. The van der Waals surface area contributed by atoms with Gasteiger partial charge >= 0.3 is 0 Å². The van der Waals surface area contributed by atoms with Crippen molar-refractivity contribution in [3.63, 3.8) is 0 Å². The Bertz CT molecular complexity index is 1030. The lowest BCUT2D eigenvalue weighted by atomic mass is 10.0. The third-order valence-corrected chi connectivity index (χ3v) is 5.56. The highest BCUT2D eigenvalue weighted by Gasteiger charge is 2.30. The zero-order chi connectivity index (χ0) is 23.6. The molecular weight excluding hydrogens is 415 g/mol. The van der Waals surface area contributed by atoms with E-state index in [4.69, 9.17) is 0 Å². The van der Waals surface area contributed by atoms with Crippen LogP contribution in [0.5, 0.6) is 0 Å². The molecule has 1 N–H and O–H groups in total. The number of aryl methyl sites for hydroxylation is 1. The van der Waals surface area contributed by atoms with E-state index in [1.165, 1.54) is 12.1 Å². The van der Waals surface area contributed by atoms with Crippen LogP contribution in [-0.4, -0.2) is 29.3 Å². The molecular formula is C28H31FN2O2. The minimum absolute atomic E-state index is 0.143. The number of hydrogen-bond donors (Lipinski definition) is 1. The van der Waals surface area contributed by atoms with Crippen molar-refractivity contribution >= 4 is 11.8 Å². The molecule has 0 aliphatic carbocycles. The second-order valence-electron chi connectivity index (χ2n) is 8.31. The third-order valence-electron chi connectivity index (χ3n) is 5.56. The lowest BCUT2D eigenvalue weighted by Gasteiger charge is -2.31. The monoisotopic (exact) mass is 446 g/mol. The number of benzene rings is 3. The number of nitrogens with one attached hydrogen (secondary N) is 1. The summed E-state index contributed by atoms with van der Waals surface area (Å²) in [6.45, 7) is 4.76. The van der Waals surface area contributed by atoms with Gasteiger partial charge in [-0.1, -0.05) is 79.2 Å². The number of carbonyl (C=O) groups is 2. The standard InChI is InChI=1S/C28H31FN2O2/c1-3-17-30-28(33)26(18-22-7-5-4-6-8-22)31(20-24-13-15-25(29)16-14-24)27(32)19-23-11-9-21(2)10-12-23/h4-16,26H,3,17-20H2,1-2H3,(H,30,33)/t26-/m0/s1. The lowest BCUT2D eigenvalue weighted by Crippen LogP contribution is -2.51. The Kier molecular flexibility index (Phi) is 8.76. The van der Waals surface area contributed by atoms with Gasteiger partial charge in [0.05, 0.1) is 6.42 Å². The Labute approximate surface area is 195 Å². The largest absolute Gasteiger partial charge is 0.354 e. The van der Waals surface area contributed by atoms with Crippen LogP contribution in [0.3, 0.4) is 0 Å². The fourth-order valence-electron chi connectivity index (χ4n) is 3.69. The lowest BCUT2D eigenvalue weighted by molar-refractivity contribution is -0.140. The van der Waals surface area contributed by atoms with Crippen LogP contribution in [-0.2, 0) is 29.0 Å². The van der Waals surface area contributed by atoms with Crippen molar-refractivity contribution in [3.8, 4) is 0 Å². The molecule has 0 aliphatic heterocycles. The fourth-order valence-corrected chi connectivity index (χ4v) is 3.69. The first-order chi connectivity index (χ1) is 16.0. The first-order valence-electron chi connectivity index (χ1n) is 11.4. The molecule has 172 valence electrons. The molecule has 0 fully saturated rings. The predicted molar refractivity (Wildman–Crippen MR) is 129 cm³/mol. The van der Waals surface area contributed by atoms with Crippen LogP contribution in [0.15, 0.2) is 78.9 Å². The van der Waals surface area contributed by atoms with Crippen molar-refractivity contribution in [2.75, 3.05) is 6.54 Å². The van der Waals surface area contributed by atoms with Gasteiger partial charge in [-0.2, -0.15) is 0 Å². The molecule has 3 aromatic carbocycles. The molecule has 0 aliphatic rings. The summed E-state index contributed by atoms with van der Waals surface area (Å²) in [5, 5.41) is 2.96. The Hall–Kier alpha value is -3.47. The van der Waals surface area contributed by atoms with Gasteiger partial charge in [0.1, 0.15) is 11.9 Å². The third kappa shape index (κ3) is 7.28. The van der Waals surface area contributed by atoms with Crippen LogP contribution in [0.2, 0.25) is 0 Å². The van der Waals surface area contributed by atoms with Crippen LogP contribution in [0, 0.1) is 12.7 Å². The zero-order valence-electron chi connectivity index (χ0n) is 19.3. The quantitative estimate of drug-likeness (QED) is 0.484. The van der Waals surface area contributed by atoms with Gasteiger partial charge in [0.25, 0.3) is 0 Å². The van der Waals surface area contributed by atoms with Crippen molar-refractivity contribution < 1.29 is 14.0 Å². The van der Waals surface area contributed by atoms with Crippen molar-refractivity contribution in [1.82, 2.24) is 10.2 Å². The van der Waals surface area contributed by atoms with Gasteiger partial charge in [-0.3, -0.25) is 9.59 Å². The smallest absolute Gasteiger partial charge is 0.243 e. The zero-order valence-corrected chi connectivity index (χ0v) is 19.3. The van der Waals surface area contributed by atoms with Crippen LogP contribution in [0.1, 0.15) is 35.6 Å². The first-order valence-corrected chi connectivity index (χ1v) is 11.4. The first kappa shape index (κ1) is 24.2. The summed E-state index contributed by atoms with van der Waals surface area (Å²) in [6, 6.07) is 22.9. The SMILES string of the molecule is CCCNC(=O)[C@H](Cc1ccccc1)N(Cc1ccc(F)cc1)C(=O)Cc1ccc(C)cc1. The molecule has 0 unspecified atom stereocenters. The number of halogens is 1. The Balaban J connectivity index is 1.93. The summed E-state index contributed by atoms with van der Waals surface area (Å²) in [4.78, 5) is 28.4. The van der Waals surface area contributed by atoms with Crippen LogP contribution in [0.4, 0.5) is 4.39 Å². The molecule has 0 heterocycles. The second-order valence-corrected chi connectivity index (χ2v) is 8.31. The normalized spacial score (nSPS) is 11.6. The molecule has 0 saturated carbocycles. The summed E-state index contributed by atoms with van der Waals surface area (Å²) in [5.41, 5.74) is 3.76. The van der Waals surface area contributed by atoms with E-state index in [9.17, 15) is 14.0 Å². The maximum atomic E-state index is 13.6. The van der Waals surface area contributed by atoms with Gasteiger partial charge in [0, 0.05) is 19.5 Å². The Morgan fingerprint density at radius 1 is 0.879 bits per heavy atom. The molecule has 33 heavy (non-hydrogen) atoms. The predicted octanol–water partition coefficient (Wildman–Crippen LogP) is 4.84. The molecule has 5 heteroatoms. The highest BCUT2D eigenvalue weighted by atomic mass is 19.1. The van der Waals surface area contributed by atoms with Crippen LogP contribution < -0.4 is 5.32 Å². The topological polar surface area (TPSA) is 49.4 Å². The molecule has 0 radical (unpaired) electrons. The van der Waals surface area contributed by atoms with Gasteiger partial charge in [0.2, 0.25) is 11.8 Å². The molecule has 3 rings (SSSR count). The molecule has 4 nitrogen and oxygen atoms in total. The maximum Gasteiger partial charge on any atom is 0.243 e. The van der Waals surface area contributed by atoms with Gasteiger partial charge in [-0.15, -0.1) is 0 Å². The number of carbonyl (C=O) groups excluding carboxylic acids is 2. The maximum absolute atomic E-state index is 13.6. The summed E-state index contributed by atoms with van der Waals surface area (Å²) < 4.78 is 13.5. The molecule has 0 bridgehead atoms. The molecule has 0 aromatic heterocycles. The van der Waals surface area contributed by atoms with Gasteiger partial charge in [-0.25, -0.2) is 4.39 Å². The molecule has 0 spiro atoms. The summed E-state index contributed by atoms with van der Waals surface area (Å²) >= 11 is 0. The van der Waals surface area contributed by atoms with E-state index in [0.717, 1.165) is 28.7 Å². The van der Waals surface area contributed by atoms with E-state index in [1.807, 2.05) is 68.4 Å². The van der Waals surface area contributed by atoms with Gasteiger partial charge in [-0.05, 0) is 42.2 Å².